The third kappa shape index (κ3) is 4.87. The van der Waals surface area contributed by atoms with Crippen LogP contribution in [0.25, 0.3) is 0 Å². The highest BCUT2D eigenvalue weighted by atomic mass is 32.2. The molecule has 1 N–H and O–H groups in total. The Labute approximate surface area is 160 Å². The fourth-order valence-electron chi connectivity index (χ4n) is 4.05. The van der Waals surface area contributed by atoms with Crippen LogP contribution < -0.4 is 0 Å². The zero-order valence-electron chi connectivity index (χ0n) is 15.3. The predicted molar refractivity (Wildman–Crippen MR) is 100 cm³/mol. The first-order valence-electron chi connectivity index (χ1n) is 9.41. The molecule has 1 amide bonds. The Morgan fingerprint density at radius 2 is 1.78 bits per heavy atom. The van der Waals surface area contributed by atoms with Crippen molar-refractivity contribution in [2.75, 3.05) is 19.6 Å². The van der Waals surface area contributed by atoms with E-state index in [0.29, 0.717) is 32.4 Å². The fraction of sp³-hybridized carbons (Fsp3) is 0.579. The first-order chi connectivity index (χ1) is 12.9. The number of carboxylic acids is 1. The largest absolute Gasteiger partial charge is 0.481 e. The number of amides is 1. The maximum atomic E-state index is 12.9. The van der Waals surface area contributed by atoms with Crippen LogP contribution >= 0.6 is 0 Å². The molecule has 7 nitrogen and oxygen atoms in total. The average molecular weight is 394 g/mol. The summed E-state index contributed by atoms with van der Waals surface area (Å²) in [5, 5.41) is 9.05. The number of piperidine rings is 1. The van der Waals surface area contributed by atoms with Gasteiger partial charge in [0.25, 0.3) is 0 Å². The number of carboxylic acid groups (broad SMARTS) is 1. The van der Waals surface area contributed by atoms with Crippen LogP contribution in [0.5, 0.6) is 0 Å². The molecule has 2 aliphatic heterocycles. The Bertz CT molecular complexity index is 781. The molecule has 2 aliphatic rings. The number of benzene rings is 1. The van der Waals surface area contributed by atoms with Gasteiger partial charge in [0.05, 0.1) is 18.1 Å². The van der Waals surface area contributed by atoms with Gasteiger partial charge >= 0.3 is 5.97 Å². The van der Waals surface area contributed by atoms with E-state index in [1.807, 2.05) is 18.2 Å². The lowest BCUT2D eigenvalue weighted by atomic mass is 9.97. The van der Waals surface area contributed by atoms with Gasteiger partial charge in [-0.05, 0) is 31.2 Å². The van der Waals surface area contributed by atoms with Crippen LogP contribution in [-0.4, -0.2) is 60.3 Å². The second kappa shape index (κ2) is 8.39. The molecule has 3 rings (SSSR count). The van der Waals surface area contributed by atoms with Gasteiger partial charge < -0.3 is 10.0 Å². The van der Waals surface area contributed by atoms with Crippen molar-refractivity contribution in [3.05, 3.63) is 35.9 Å². The summed E-state index contributed by atoms with van der Waals surface area (Å²) >= 11 is 0. The molecule has 148 valence electrons. The van der Waals surface area contributed by atoms with Crippen molar-refractivity contribution in [1.82, 2.24) is 9.21 Å². The molecule has 0 saturated carbocycles. The maximum Gasteiger partial charge on any atom is 0.305 e. The number of hydrogen-bond donors (Lipinski definition) is 1. The van der Waals surface area contributed by atoms with Crippen molar-refractivity contribution >= 4 is 21.9 Å². The average Bonchev–Trinajstić information content (AvgIpc) is 3.09. The molecule has 0 aromatic heterocycles. The topological polar surface area (TPSA) is 95.0 Å². The predicted octanol–water partition coefficient (Wildman–Crippen LogP) is 1.69. The fourth-order valence-corrected chi connectivity index (χ4v) is 5.66. The summed E-state index contributed by atoms with van der Waals surface area (Å²) in [7, 11) is -3.49. The third-order valence-electron chi connectivity index (χ3n) is 5.39. The second-order valence-corrected chi connectivity index (χ2v) is 9.33. The Kier molecular flexibility index (Phi) is 6.16. The van der Waals surface area contributed by atoms with Crippen LogP contribution in [-0.2, 0) is 25.4 Å². The summed E-state index contributed by atoms with van der Waals surface area (Å²) in [6, 6.07) is 8.75. The molecule has 2 fully saturated rings. The highest BCUT2D eigenvalue weighted by molar-refractivity contribution is 7.88. The van der Waals surface area contributed by atoms with Gasteiger partial charge in [0.2, 0.25) is 15.9 Å². The lowest BCUT2D eigenvalue weighted by Crippen LogP contribution is -2.48. The molecule has 2 unspecified atom stereocenters. The number of nitrogens with zero attached hydrogens (tertiary/aromatic N) is 2. The first-order valence-corrected chi connectivity index (χ1v) is 11.0. The Morgan fingerprint density at radius 1 is 1.07 bits per heavy atom. The van der Waals surface area contributed by atoms with E-state index < -0.39 is 21.9 Å². The summed E-state index contributed by atoms with van der Waals surface area (Å²) in [4.78, 5) is 25.6. The van der Waals surface area contributed by atoms with Gasteiger partial charge in [-0.3, -0.25) is 9.59 Å². The molecule has 8 heteroatoms. The van der Waals surface area contributed by atoms with E-state index in [0.717, 1.165) is 12.0 Å². The van der Waals surface area contributed by atoms with Gasteiger partial charge in [0.1, 0.15) is 0 Å². The van der Waals surface area contributed by atoms with Crippen molar-refractivity contribution in [1.29, 1.82) is 0 Å². The summed E-state index contributed by atoms with van der Waals surface area (Å²) in [5.74, 6) is -1.47. The third-order valence-corrected chi connectivity index (χ3v) is 7.21. The normalized spacial score (nSPS) is 24.1. The quantitative estimate of drug-likeness (QED) is 0.792. The molecule has 2 atom stereocenters. The molecule has 0 aliphatic carbocycles. The van der Waals surface area contributed by atoms with Gasteiger partial charge in [-0.15, -0.1) is 0 Å². The van der Waals surface area contributed by atoms with Crippen molar-refractivity contribution < 1.29 is 23.1 Å². The molecular weight excluding hydrogens is 368 g/mol. The standard InChI is InChI=1S/C19H26N2O5S/c22-18(23)12-17-9-5-11-21(17)19(24)16-8-4-10-20(13-16)27(25,26)14-15-6-2-1-3-7-15/h1-3,6-7,16-17H,4-5,8-14H2,(H,22,23). The van der Waals surface area contributed by atoms with Gasteiger partial charge in [-0.2, -0.15) is 0 Å². The van der Waals surface area contributed by atoms with E-state index in [-0.39, 0.29) is 30.7 Å². The Hall–Kier alpha value is -1.93. The van der Waals surface area contributed by atoms with Crippen molar-refractivity contribution in [2.24, 2.45) is 5.92 Å². The zero-order chi connectivity index (χ0) is 19.4. The Balaban J connectivity index is 1.66. The number of aliphatic carboxylic acids is 1. The van der Waals surface area contributed by atoms with Crippen molar-refractivity contribution in [3.8, 4) is 0 Å². The number of likely N-dealkylation sites (tertiary alicyclic amines) is 1. The summed E-state index contributed by atoms with van der Waals surface area (Å²) in [6.45, 7) is 1.17. The van der Waals surface area contributed by atoms with Crippen molar-refractivity contribution in [3.63, 3.8) is 0 Å². The van der Waals surface area contributed by atoms with E-state index in [2.05, 4.69) is 0 Å². The van der Waals surface area contributed by atoms with Crippen LogP contribution in [0.4, 0.5) is 0 Å². The molecule has 0 bridgehead atoms. The number of rotatable bonds is 6. The monoisotopic (exact) mass is 394 g/mol. The van der Waals surface area contributed by atoms with Crippen LogP contribution in [0.15, 0.2) is 30.3 Å². The zero-order valence-corrected chi connectivity index (χ0v) is 16.1. The molecule has 2 heterocycles. The molecular formula is C19H26N2O5S. The minimum absolute atomic E-state index is 0.0471. The SMILES string of the molecule is O=C(O)CC1CCCN1C(=O)C1CCCN(S(=O)(=O)Cc2ccccc2)C1. The summed E-state index contributed by atoms with van der Waals surface area (Å²) in [5.41, 5.74) is 0.729. The van der Waals surface area contributed by atoms with Crippen LogP contribution in [0.1, 0.15) is 37.7 Å². The lowest BCUT2D eigenvalue weighted by molar-refractivity contribution is -0.141. The van der Waals surface area contributed by atoms with E-state index in [1.54, 1.807) is 17.0 Å². The van der Waals surface area contributed by atoms with E-state index in [1.165, 1.54) is 4.31 Å². The van der Waals surface area contributed by atoms with E-state index in [4.69, 9.17) is 5.11 Å². The smallest absolute Gasteiger partial charge is 0.305 e. The van der Waals surface area contributed by atoms with Crippen LogP contribution in [0, 0.1) is 5.92 Å². The summed E-state index contributed by atoms with van der Waals surface area (Å²) < 4.78 is 27.0. The van der Waals surface area contributed by atoms with E-state index in [9.17, 15) is 18.0 Å². The molecule has 0 spiro atoms. The van der Waals surface area contributed by atoms with Gasteiger partial charge in [0, 0.05) is 25.7 Å². The number of sulfonamides is 1. The molecule has 1 aromatic carbocycles. The molecule has 1 aromatic rings. The highest BCUT2D eigenvalue weighted by Gasteiger charge is 2.38. The maximum absolute atomic E-state index is 12.9. The van der Waals surface area contributed by atoms with Gasteiger partial charge in [-0.25, -0.2) is 12.7 Å². The van der Waals surface area contributed by atoms with Gasteiger partial charge in [-0.1, -0.05) is 30.3 Å². The number of carbonyl (C=O) groups is 2. The van der Waals surface area contributed by atoms with E-state index >= 15 is 0 Å². The minimum Gasteiger partial charge on any atom is -0.481 e. The molecule has 0 radical (unpaired) electrons. The Morgan fingerprint density at radius 3 is 2.48 bits per heavy atom. The number of hydrogen-bond acceptors (Lipinski definition) is 4. The summed E-state index contributed by atoms with van der Waals surface area (Å²) in [6.07, 6.45) is 2.73. The van der Waals surface area contributed by atoms with Crippen LogP contribution in [0.2, 0.25) is 0 Å². The second-order valence-electron chi connectivity index (χ2n) is 7.36. The lowest BCUT2D eigenvalue weighted by Gasteiger charge is -2.34. The number of carbonyl (C=O) groups excluding carboxylic acids is 1. The van der Waals surface area contributed by atoms with Crippen LogP contribution in [0.3, 0.4) is 0 Å². The van der Waals surface area contributed by atoms with Gasteiger partial charge in [0.15, 0.2) is 0 Å². The molecule has 2 saturated heterocycles. The minimum atomic E-state index is -3.49. The molecule has 27 heavy (non-hydrogen) atoms. The highest BCUT2D eigenvalue weighted by Crippen LogP contribution is 2.27. The van der Waals surface area contributed by atoms with Crippen molar-refractivity contribution in [2.45, 2.75) is 43.9 Å². The first kappa shape index (κ1) is 19.8.